The molecule has 3 aromatic rings. The zero-order chi connectivity index (χ0) is 21.3. The molecule has 0 unspecified atom stereocenters. The minimum atomic E-state index is 0.382. The first kappa shape index (κ1) is 21.9. The summed E-state index contributed by atoms with van der Waals surface area (Å²) in [7, 11) is 0. The smallest absolute Gasteiger partial charge is 0.186 e. The van der Waals surface area contributed by atoms with E-state index in [2.05, 4.69) is 40.1 Å². The van der Waals surface area contributed by atoms with Crippen LogP contribution in [0.1, 0.15) is 25.0 Å². The van der Waals surface area contributed by atoms with E-state index in [4.69, 9.17) is 33.3 Å². The fraction of sp³-hybridized carbons (Fsp3) is 0.217. The van der Waals surface area contributed by atoms with Crippen LogP contribution in [-0.4, -0.2) is 24.5 Å². The summed E-state index contributed by atoms with van der Waals surface area (Å²) in [5.74, 6) is 1.08. The quantitative estimate of drug-likeness (QED) is 0.282. The highest BCUT2D eigenvalue weighted by Gasteiger charge is 2.13. The van der Waals surface area contributed by atoms with Gasteiger partial charge in [0.1, 0.15) is 6.61 Å². The lowest BCUT2D eigenvalue weighted by Crippen LogP contribution is -2.31. The van der Waals surface area contributed by atoms with Crippen molar-refractivity contribution < 1.29 is 9.47 Å². The zero-order valence-electron chi connectivity index (χ0n) is 16.9. The molecule has 0 fully saturated rings. The molecule has 3 aromatic carbocycles. The van der Waals surface area contributed by atoms with Gasteiger partial charge in [0.25, 0.3) is 0 Å². The Balaban J connectivity index is 1.80. The van der Waals surface area contributed by atoms with Crippen molar-refractivity contribution in [2.24, 2.45) is 5.10 Å². The van der Waals surface area contributed by atoms with Crippen molar-refractivity contribution in [3.63, 3.8) is 0 Å². The van der Waals surface area contributed by atoms with Crippen LogP contribution in [0, 0.1) is 0 Å². The highest BCUT2D eigenvalue weighted by atomic mass is 35.5. The Hall–Kier alpha value is -2.83. The molecule has 5 nitrogen and oxygen atoms in total. The molecule has 0 saturated heterocycles. The van der Waals surface area contributed by atoms with Crippen LogP contribution in [-0.2, 0) is 6.61 Å². The van der Waals surface area contributed by atoms with Crippen molar-refractivity contribution in [1.29, 1.82) is 0 Å². The second kappa shape index (κ2) is 10.8. The van der Waals surface area contributed by atoms with Gasteiger partial charge < -0.3 is 14.8 Å². The monoisotopic (exact) mass is 441 g/mol. The lowest BCUT2D eigenvalue weighted by molar-refractivity contribution is 0.270. The maximum absolute atomic E-state index is 6.52. The van der Waals surface area contributed by atoms with Gasteiger partial charge in [0.2, 0.25) is 0 Å². The fourth-order valence-electron chi connectivity index (χ4n) is 3.00. The van der Waals surface area contributed by atoms with Crippen molar-refractivity contribution in [3.8, 4) is 11.5 Å². The molecule has 0 amide bonds. The van der Waals surface area contributed by atoms with Gasteiger partial charge in [-0.05, 0) is 60.1 Å². The molecule has 156 valence electrons. The number of fused-ring (bicyclic) bond motifs is 1. The van der Waals surface area contributed by atoms with Crippen LogP contribution in [0.4, 0.5) is 0 Å². The first-order valence-electron chi connectivity index (χ1n) is 9.75. The highest BCUT2D eigenvalue weighted by molar-refractivity contribution is 7.80. The van der Waals surface area contributed by atoms with Crippen molar-refractivity contribution in [2.45, 2.75) is 20.5 Å². The number of thiocarbonyl (C=S) groups is 1. The molecule has 0 atom stereocenters. The predicted octanol–water partition coefficient (Wildman–Crippen LogP) is 5.29. The molecular weight excluding hydrogens is 418 g/mol. The van der Waals surface area contributed by atoms with E-state index < -0.39 is 0 Å². The summed E-state index contributed by atoms with van der Waals surface area (Å²) in [6.45, 7) is 5.48. The molecule has 7 heteroatoms. The number of halogens is 1. The number of nitrogens with zero attached hydrogens (tertiary/aromatic N) is 1. The summed E-state index contributed by atoms with van der Waals surface area (Å²) >= 11 is 11.6. The Bertz CT molecular complexity index is 1050. The maximum atomic E-state index is 6.52. The van der Waals surface area contributed by atoms with Crippen molar-refractivity contribution >= 4 is 45.9 Å². The average molecular weight is 442 g/mol. The van der Waals surface area contributed by atoms with Crippen LogP contribution in [0.5, 0.6) is 11.5 Å². The van der Waals surface area contributed by atoms with Crippen molar-refractivity contribution in [3.05, 3.63) is 70.7 Å². The molecule has 0 aliphatic heterocycles. The average Bonchev–Trinajstić information content (AvgIpc) is 2.73. The van der Waals surface area contributed by atoms with Gasteiger partial charge in [0, 0.05) is 6.54 Å². The Morgan fingerprint density at radius 3 is 2.70 bits per heavy atom. The van der Waals surface area contributed by atoms with Crippen LogP contribution in [0.3, 0.4) is 0 Å². The Labute approximate surface area is 187 Å². The van der Waals surface area contributed by atoms with Crippen LogP contribution < -0.4 is 20.2 Å². The number of benzene rings is 3. The Morgan fingerprint density at radius 1 is 1.10 bits per heavy atom. The van der Waals surface area contributed by atoms with Crippen molar-refractivity contribution in [1.82, 2.24) is 10.7 Å². The predicted molar refractivity (Wildman–Crippen MR) is 128 cm³/mol. The molecule has 0 aliphatic carbocycles. The number of hydrogen-bond donors (Lipinski definition) is 2. The van der Waals surface area contributed by atoms with E-state index in [0.717, 1.165) is 23.1 Å². The largest absolute Gasteiger partial charge is 0.490 e. The lowest BCUT2D eigenvalue weighted by atomic mass is 10.1. The van der Waals surface area contributed by atoms with Gasteiger partial charge >= 0.3 is 0 Å². The summed E-state index contributed by atoms with van der Waals surface area (Å²) in [5.41, 5.74) is 4.61. The Kier molecular flexibility index (Phi) is 7.88. The number of rotatable bonds is 8. The van der Waals surface area contributed by atoms with Crippen LogP contribution in [0.2, 0.25) is 5.02 Å². The second-order valence-corrected chi connectivity index (χ2v) is 7.23. The normalized spacial score (nSPS) is 10.9. The van der Waals surface area contributed by atoms with E-state index in [1.54, 1.807) is 12.3 Å². The van der Waals surface area contributed by atoms with E-state index in [-0.39, 0.29) is 0 Å². The van der Waals surface area contributed by atoms with Gasteiger partial charge in [0.05, 0.1) is 17.8 Å². The second-order valence-electron chi connectivity index (χ2n) is 6.42. The molecule has 0 aromatic heterocycles. The standard InChI is InChI=1S/C23H24ClN3O2S/c1-3-25-23(30)27-26-14-16-12-20(24)22(21(13-16)28-4-2)29-15-18-10-7-9-17-8-5-6-11-19(17)18/h5-14H,3-4,15H2,1-2H3,(H2,25,27,30)/b26-14-. The molecule has 0 spiro atoms. The van der Waals surface area contributed by atoms with Crippen molar-refractivity contribution in [2.75, 3.05) is 13.2 Å². The summed E-state index contributed by atoms with van der Waals surface area (Å²) < 4.78 is 11.9. The maximum Gasteiger partial charge on any atom is 0.186 e. The molecule has 30 heavy (non-hydrogen) atoms. The van der Waals surface area contributed by atoms with Gasteiger partial charge in [-0.1, -0.05) is 54.1 Å². The third-order valence-electron chi connectivity index (χ3n) is 4.30. The van der Waals surface area contributed by atoms with E-state index >= 15 is 0 Å². The SMILES string of the molecule is CCNC(=S)N/N=C\c1cc(Cl)c(OCc2cccc3ccccc23)c(OCC)c1. The molecule has 2 N–H and O–H groups in total. The Morgan fingerprint density at radius 2 is 1.90 bits per heavy atom. The third-order valence-corrected chi connectivity index (χ3v) is 4.82. The van der Waals surface area contributed by atoms with Gasteiger partial charge in [0.15, 0.2) is 16.6 Å². The van der Waals surface area contributed by atoms with Gasteiger partial charge in [-0.15, -0.1) is 0 Å². The number of hydrogen-bond acceptors (Lipinski definition) is 4. The molecule has 0 bridgehead atoms. The number of hydrazone groups is 1. The van der Waals surface area contributed by atoms with Gasteiger partial charge in [-0.3, -0.25) is 5.43 Å². The van der Waals surface area contributed by atoms with E-state index in [9.17, 15) is 0 Å². The molecule has 0 saturated carbocycles. The third kappa shape index (κ3) is 5.62. The molecule has 0 heterocycles. The zero-order valence-corrected chi connectivity index (χ0v) is 18.5. The molecule has 0 radical (unpaired) electrons. The first-order valence-corrected chi connectivity index (χ1v) is 10.5. The van der Waals surface area contributed by atoms with Crippen LogP contribution in [0.25, 0.3) is 10.8 Å². The van der Waals surface area contributed by atoms with Crippen LogP contribution >= 0.6 is 23.8 Å². The van der Waals surface area contributed by atoms with Gasteiger partial charge in [-0.2, -0.15) is 5.10 Å². The fourth-order valence-corrected chi connectivity index (χ4v) is 3.47. The number of ether oxygens (including phenoxy) is 2. The topological polar surface area (TPSA) is 54.9 Å². The minimum absolute atomic E-state index is 0.382. The lowest BCUT2D eigenvalue weighted by Gasteiger charge is -2.15. The summed E-state index contributed by atoms with van der Waals surface area (Å²) in [5, 5.41) is 10.3. The molecule has 3 rings (SSSR count). The van der Waals surface area contributed by atoms with Crippen LogP contribution in [0.15, 0.2) is 59.7 Å². The summed E-state index contributed by atoms with van der Waals surface area (Å²) in [6, 6.07) is 18.0. The highest BCUT2D eigenvalue weighted by Crippen LogP contribution is 2.37. The van der Waals surface area contributed by atoms with Gasteiger partial charge in [-0.25, -0.2) is 0 Å². The summed E-state index contributed by atoms with van der Waals surface area (Å²) in [6.07, 6.45) is 1.63. The van der Waals surface area contributed by atoms with E-state index in [1.807, 2.05) is 38.1 Å². The first-order chi connectivity index (χ1) is 14.6. The van der Waals surface area contributed by atoms with E-state index in [0.29, 0.717) is 34.8 Å². The summed E-state index contributed by atoms with van der Waals surface area (Å²) in [4.78, 5) is 0. The minimum Gasteiger partial charge on any atom is -0.490 e. The molecule has 0 aliphatic rings. The molecular formula is C23H24ClN3O2S. The van der Waals surface area contributed by atoms with E-state index in [1.165, 1.54) is 5.39 Å². The number of nitrogens with one attached hydrogen (secondary N) is 2.